The molecule has 0 fully saturated rings. The molecule has 0 heterocycles. The molecule has 0 radical (unpaired) electrons. The van der Waals surface area contributed by atoms with Gasteiger partial charge in [-0.1, -0.05) is 28.1 Å². The van der Waals surface area contributed by atoms with Gasteiger partial charge in [0.05, 0.1) is 5.56 Å². The minimum atomic E-state index is -0.911. The highest BCUT2D eigenvalue weighted by Crippen LogP contribution is 2.19. The minimum absolute atomic E-state index is 0.291. The van der Waals surface area contributed by atoms with Crippen molar-refractivity contribution < 1.29 is 9.90 Å². The standard InChI is InChI=1S/C10H9BrO2/c1-2-3-7-4-5-8(10(12)13)6-9(7)11/h2,4-6H,1,3H2,(H,12,13). The molecule has 0 unspecified atom stereocenters. The number of hydrogen-bond donors (Lipinski definition) is 1. The van der Waals surface area contributed by atoms with Gasteiger partial charge in [0.1, 0.15) is 0 Å². The zero-order valence-electron chi connectivity index (χ0n) is 6.96. The SMILES string of the molecule is C=CCc1ccc(C(=O)O)cc1Br. The van der Waals surface area contributed by atoms with Crippen LogP contribution in [0.1, 0.15) is 15.9 Å². The Balaban J connectivity index is 3.04. The lowest BCUT2D eigenvalue weighted by Crippen LogP contribution is -1.96. The van der Waals surface area contributed by atoms with Gasteiger partial charge in [0.15, 0.2) is 0 Å². The summed E-state index contributed by atoms with van der Waals surface area (Å²) in [7, 11) is 0. The summed E-state index contributed by atoms with van der Waals surface area (Å²) in [6.45, 7) is 3.62. The Kier molecular flexibility index (Phi) is 3.25. The predicted molar refractivity (Wildman–Crippen MR) is 55.0 cm³/mol. The van der Waals surface area contributed by atoms with E-state index in [4.69, 9.17) is 5.11 Å². The molecule has 0 aliphatic carbocycles. The van der Waals surface area contributed by atoms with E-state index in [0.717, 1.165) is 16.5 Å². The quantitative estimate of drug-likeness (QED) is 0.826. The molecule has 13 heavy (non-hydrogen) atoms. The molecule has 0 spiro atoms. The number of halogens is 1. The highest BCUT2D eigenvalue weighted by Gasteiger charge is 2.05. The van der Waals surface area contributed by atoms with Crippen molar-refractivity contribution in [3.8, 4) is 0 Å². The van der Waals surface area contributed by atoms with Crippen molar-refractivity contribution in [1.82, 2.24) is 0 Å². The number of carboxylic acids is 1. The highest BCUT2D eigenvalue weighted by atomic mass is 79.9. The van der Waals surface area contributed by atoms with Crippen molar-refractivity contribution >= 4 is 21.9 Å². The first-order chi connectivity index (χ1) is 6.15. The summed E-state index contributed by atoms with van der Waals surface area (Å²) < 4.78 is 0.812. The Labute approximate surface area is 85.0 Å². The Hall–Kier alpha value is -1.09. The Bertz CT molecular complexity index is 345. The molecule has 0 aliphatic rings. The van der Waals surface area contributed by atoms with Gasteiger partial charge in [0.2, 0.25) is 0 Å². The Morgan fingerprint density at radius 3 is 2.77 bits per heavy atom. The first kappa shape index (κ1) is 9.99. The molecule has 0 saturated heterocycles. The molecule has 1 aromatic carbocycles. The zero-order valence-corrected chi connectivity index (χ0v) is 8.54. The van der Waals surface area contributed by atoms with Crippen molar-refractivity contribution in [2.24, 2.45) is 0 Å². The number of hydrogen-bond acceptors (Lipinski definition) is 1. The molecule has 3 heteroatoms. The average Bonchev–Trinajstić information content (AvgIpc) is 2.08. The molecule has 1 rings (SSSR count). The van der Waals surface area contributed by atoms with Crippen LogP contribution in [-0.2, 0) is 6.42 Å². The second kappa shape index (κ2) is 4.23. The van der Waals surface area contributed by atoms with Crippen LogP contribution in [-0.4, -0.2) is 11.1 Å². The number of carboxylic acid groups (broad SMARTS) is 1. The summed E-state index contributed by atoms with van der Waals surface area (Å²) in [4.78, 5) is 10.6. The van der Waals surface area contributed by atoms with Gasteiger partial charge < -0.3 is 5.11 Å². The van der Waals surface area contributed by atoms with Crippen LogP contribution < -0.4 is 0 Å². The van der Waals surface area contributed by atoms with Crippen molar-refractivity contribution in [2.75, 3.05) is 0 Å². The van der Waals surface area contributed by atoms with Crippen LogP contribution in [0.5, 0.6) is 0 Å². The molecule has 0 bridgehead atoms. The third-order valence-electron chi connectivity index (χ3n) is 1.66. The molecule has 0 amide bonds. The third-order valence-corrected chi connectivity index (χ3v) is 2.40. The van der Waals surface area contributed by atoms with Gasteiger partial charge in [-0.3, -0.25) is 0 Å². The molecule has 1 aromatic rings. The topological polar surface area (TPSA) is 37.3 Å². The normalized spacial score (nSPS) is 9.62. The van der Waals surface area contributed by atoms with E-state index in [9.17, 15) is 4.79 Å². The largest absolute Gasteiger partial charge is 0.478 e. The van der Waals surface area contributed by atoms with Crippen LogP contribution >= 0.6 is 15.9 Å². The predicted octanol–water partition coefficient (Wildman–Crippen LogP) is 2.88. The van der Waals surface area contributed by atoms with Crippen LogP contribution in [0.25, 0.3) is 0 Å². The van der Waals surface area contributed by atoms with E-state index in [0.29, 0.717) is 5.56 Å². The van der Waals surface area contributed by atoms with Gasteiger partial charge in [-0.05, 0) is 24.1 Å². The average molecular weight is 241 g/mol. The van der Waals surface area contributed by atoms with Gasteiger partial charge in [-0.25, -0.2) is 4.79 Å². The summed E-state index contributed by atoms with van der Waals surface area (Å²) in [5.74, 6) is -0.911. The van der Waals surface area contributed by atoms with Gasteiger partial charge in [0.25, 0.3) is 0 Å². The molecular weight excluding hydrogens is 232 g/mol. The van der Waals surface area contributed by atoms with E-state index < -0.39 is 5.97 Å². The van der Waals surface area contributed by atoms with Gasteiger partial charge in [-0.15, -0.1) is 6.58 Å². The fourth-order valence-corrected chi connectivity index (χ4v) is 1.54. The van der Waals surface area contributed by atoms with E-state index in [1.807, 2.05) is 0 Å². The lowest BCUT2D eigenvalue weighted by atomic mass is 10.1. The lowest BCUT2D eigenvalue weighted by molar-refractivity contribution is 0.0697. The number of benzene rings is 1. The molecular formula is C10H9BrO2. The van der Waals surface area contributed by atoms with Crippen LogP contribution in [0.15, 0.2) is 35.3 Å². The summed E-state index contributed by atoms with van der Waals surface area (Å²) >= 11 is 3.31. The van der Waals surface area contributed by atoms with E-state index in [1.54, 1.807) is 24.3 Å². The van der Waals surface area contributed by atoms with Crippen LogP contribution in [0.4, 0.5) is 0 Å². The van der Waals surface area contributed by atoms with Crippen molar-refractivity contribution in [3.05, 3.63) is 46.5 Å². The lowest BCUT2D eigenvalue weighted by Gasteiger charge is -2.01. The first-order valence-corrected chi connectivity index (χ1v) is 4.57. The molecule has 0 atom stereocenters. The van der Waals surface area contributed by atoms with E-state index in [-0.39, 0.29) is 0 Å². The van der Waals surface area contributed by atoms with Crippen LogP contribution in [0.2, 0.25) is 0 Å². The summed E-state index contributed by atoms with van der Waals surface area (Å²) in [5, 5.41) is 8.69. The molecule has 0 aromatic heterocycles. The van der Waals surface area contributed by atoms with Gasteiger partial charge in [-0.2, -0.15) is 0 Å². The maximum Gasteiger partial charge on any atom is 0.335 e. The van der Waals surface area contributed by atoms with Crippen molar-refractivity contribution in [1.29, 1.82) is 0 Å². The van der Waals surface area contributed by atoms with Gasteiger partial charge in [0, 0.05) is 4.47 Å². The Morgan fingerprint density at radius 1 is 1.62 bits per heavy atom. The number of rotatable bonds is 3. The Morgan fingerprint density at radius 2 is 2.31 bits per heavy atom. The highest BCUT2D eigenvalue weighted by molar-refractivity contribution is 9.10. The smallest absolute Gasteiger partial charge is 0.335 e. The van der Waals surface area contributed by atoms with Crippen molar-refractivity contribution in [2.45, 2.75) is 6.42 Å². The molecule has 68 valence electrons. The third kappa shape index (κ3) is 2.42. The van der Waals surface area contributed by atoms with Crippen LogP contribution in [0.3, 0.4) is 0 Å². The number of allylic oxidation sites excluding steroid dienone is 1. The molecule has 0 saturated carbocycles. The maximum absolute atomic E-state index is 10.6. The zero-order chi connectivity index (χ0) is 9.84. The summed E-state index contributed by atoms with van der Waals surface area (Å²) in [5.41, 5.74) is 1.33. The van der Waals surface area contributed by atoms with E-state index in [1.165, 1.54) is 0 Å². The summed E-state index contributed by atoms with van der Waals surface area (Å²) in [6.07, 6.45) is 2.51. The van der Waals surface area contributed by atoms with Crippen molar-refractivity contribution in [3.63, 3.8) is 0 Å². The van der Waals surface area contributed by atoms with E-state index >= 15 is 0 Å². The number of aromatic carboxylic acids is 1. The van der Waals surface area contributed by atoms with Crippen LogP contribution in [0, 0.1) is 0 Å². The molecule has 2 nitrogen and oxygen atoms in total. The second-order valence-electron chi connectivity index (χ2n) is 2.60. The van der Waals surface area contributed by atoms with Gasteiger partial charge >= 0.3 is 5.97 Å². The molecule has 0 aliphatic heterocycles. The summed E-state index contributed by atoms with van der Waals surface area (Å²) in [6, 6.07) is 4.97. The second-order valence-corrected chi connectivity index (χ2v) is 3.46. The van der Waals surface area contributed by atoms with E-state index in [2.05, 4.69) is 22.5 Å². The fourth-order valence-electron chi connectivity index (χ4n) is 1.00. The number of carbonyl (C=O) groups is 1. The molecule has 1 N–H and O–H groups in total. The monoisotopic (exact) mass is 240 g/mol. The minimum Gasteiger partial charge on any atom is -0.478 e. The fraction of sp³-hybridized carbons (Fsp3) is 0.100. The first-order valence-electron chi connectivity index (χ1n) is 3.77. The maximum atomic E-state index is 10.6.